The minimum absolute atomic E-state index is 0.0422. The highest BCUT2D eigenvalue weighted by Crippen LogP contribution is 2.43. The number of carbonyl (C=O) groups is 2. The molecule has 0 aliphatic carbocycles. The van der Waals surface area contributed by atoms with Crippen LogP contribution in [-0.4, -0.2) is 30.5 Å². The lowest BCUT2D eigenvalue weighted by molar-refractivity contribution is -0.132. The van der Waals surface area contributed by atoms with Crippen molar-refractivity contribution in [2.75, 3.05) is 18.6 Å². The Morgan fingerprint density at radius 1 is 1.06 bits per heavy atom. The molecule has 1 saturated heterocycles. The number of furan rings is 1. The molecule has 1 N–H and O–H groups in total. The highest BCUT2D eigenvalue weighted by atomic mass is 16.5. The Kier molecular flexibility index (Phi) is 6.22. The summed E-state index contributed by atoms with van der Waals surface area (Å²) in [7, 11) is 1.52. The molecule has 33 heavy (non-hydrogen) atoms. The Morgan fingerprint density at radius 3 is 2.45 bits per heavy atom. The van der Waals surface area contributed by atoms with Gasteiger partial charge in [0.15, 0.2) is 0 Å². The van der Waals surface area contributed by atoms with E-state index in [9.17, 15) is 14.7 Å². The third kappa shape index (κ3) is 4.22. The van der Waals surface area contributed by atoms with Crippen LogP contribution < -0.4 is 14.4 Å². The molecule has 1 unspecified atom stereocenters. The van der Waals surface area contributed by atoms with Crippen LogP contribution in [0.1, 0.15) is 36.5 Å². The standard InChI is InChI=1S/C26H25NO6/c1-4-14-32-19-11-9-17(10-12-19)24(28)22-23(21-13-8-16(2)33-21)27(26(30)25(22)29)18-6-5-7-20(15-18)31-3/h5-13,15,23,28H,4,14H2,1-3H3/b24-22-. The first-order valence-corrected chi connectivity index (χ1v) is 10.7. The third-order valence-electron chi connectivity index (χ3n) is 5.41. The van der Waals surface area contributed by atoms with E-state index in [2.05, 4.69) is 0 Å². The van der Waals surface area contributed by atoms with Crippen LogP contribution in [0.5, 0.6) is 11.5 Å². The van der Waals surface area contributed by atoms with Gasteiger partial charge in [-0.05, 0) is 61.9 Å². The molecule has 7 heteroatoms. The quantitative estimate of drug-likeness (QED) is 0.311. The van der Waals surface area contributed by atoms with E-state index in [-0.39, 0.29) is 11.3 Å². The summed E-state index contributed by atoms with van der Waals surface area (Å²) in [5.41, 5.74) is 0.813. The molecular weight excluding hydrogens is 422 g/mol. The van der Waals surface area contributed by atoms with Gasteiger partial charge in [0.25, 0.3) is 11.7 Å². The van der Waals surface area contributed by atoms with Crippen molar-refractivity contribution < 1.29 is 28.6 Å². The molecule has 0 spiro atoms. The topological polar surface area (TPSA) is 89.2 Å². The molecule has 4 rings (SSSR count). The fourth-order valence-electron chi connectivity index (χ4n) is 3.81. The fourth-order valence-corrected chi connectivity index (χ4v) is 3.81. The summed E-state index contributed by atoms with van der Waals surface area (Å²) < 4.78 is 16.7. The first kappa shape index (κ1) is 22.2. The molecule has 3 aromatic rings. The number of Topliss-reactive ketones (excluding diaryl/α,β-unsaturated/α-hetero) is 1. The van der Waals surface area contributed by atoms with Gasteiger partial charge in [0.05, 0.1) is 19.3 Å². The minimum Gasteiger partial charge on any atom is -0.507 e. The molecule has 1 fully saturated rings. The number of nitrogens with zero attached hydrogens (tertiary/aromatic N) is 1. The number of aliphatic hydroxyl groups excluding tert-OH is 1. The van der Waals surface area contributed by atoms with Gasteiger partial charge >= 0.3 is 0 Å². The zero-order chi connectivity index (χ0) is 23.5. The maximum absolute atomic E-state index is 13.2. The van der Waals surface area contributed by atoms with Crippen LogP contribution in [0.4, 0.5) is 5.69 Å². The van der Waals surface area contributed by atoms with E-state index < -0.39 is 17.7 Å². The Labute approximate surface area is 191 Å². The first-order valence-electron chi connectivity index (χ1n) is 10.7. The number of benzene rings is 2. The van der Waals surface area contributed by atoms with Crippen LogP contribution in [0.25, 0.3) is 5.76 Å². The second-order valence-corrected chi connectivity index (χ2v) is 7.69. The SMILES string of the molecule is CCCOc1ccc(/C(O)=C2/C(=O)C(=O)N(c3cccc(OC)c3)C2c2ccc(C)o2)cc1. The molecule has 1 aromatic heterocycles. The monoisotopic (exact) mass is 447 g/mol. The normalized spacial score (nSPS) is 17.4. The van der Waals surface area contributed by atoms with E-state index in [0.717, 1.165) is 6.42 Å². The lowest BCUT2D eigenvalue weighted by atomic mass is 9.99. The van der Waals surface area contributed by atoms with Crippen molar-refractivity contribution in [2.45, 2.75) is 26.3 Å². The van der Waals surface area contributed by atoms with Gasteiger partial charge in [-0.15, -0.1) is 0 Å². The number of anilines is 1. The maximum Gasteiger partial charge on any atom is 0.300 e. The molecule has 1 atom stereocenters. The van der Waals surface area contributed by atoms with E-state index >= 15 is 0 Å². The van der Waals surface area contributed by atoms with Gasteiger partial charge in [0.1, 0.15) is 34.8 Å². The summed E-state index contributed by atoms with van der Waals surface area (Å²) in [6.45, 7) is 4.36. The van der Waals surface area contributed by atoms with Gasteiger partial charge in [0, 0.05) is 17.3 Å². The number of aliphatic hydroxyl groups is 1. The van der Waals surface area contributed by atoms with Gasteiger partial charge in [0.2, 0.25) is 0 Å². The number of amides is 1. The molecule has 1 aliphatic rings. The summed E-state index contributed by atoms with van der Waals surface area (Å²) >= 11 is 0. The van der Waals surface area contributed by atoms with Crippen LogP contribution >= 0.6 is 0 Å². The smallest absolute Gasteiger partial charge is 0.300 e. The van der Waals surface area contributed by atoms with Crippen molar-refractivity contribution in [1.29, 1.82) is 0 Å². The zero-order valence-corrected chi connectivity index (χ0v) is 18.7. The van der Waals surface area contributed by atoms with Crippen LogP contribution in [0.2, 0.25) is 0 Å². The summed E-state index contributed by atoms with van der Waals surface area (Å²) in [5, 5.41) is 11.2. The molecule has 0 saturated carbocycles. The molecular formula is C26H25NO6. The van der Waals surface area contributed by atoms with Crippen LogP contribution in [0.3, 0.4) is 0 Å². The van der Waals surface area contributed by atoms with Gasteiger partial charge in [-0.3, -0.25) is 14.5 Å². The summed E-state index contributed by atoms with van der Waals surface area (Å²) in [6.07, 6.45) is 0.873. The number of methoxy groups -OCH3 is 1. The second-order valence-electron chi connectivity index (χ2n) is 7.69. The lowest BCUT2D eigenvalue weighted by Gasteiger charge is -2.23. The zero-order valence-electron chi connectivity index (χ0n) is 18.7. The number of carbonyl (C=O) groups excluding carboxylic acids is 2. The minimum atomic E-state index is -0.929. The number of hydrogen-bond acceptors (Lipinski definition) is 6. The fraction of sp³-hybridized carbons (Fsp3) is 0.231. The average molecular weight is 447 g/mol. The van der Waals surface area contributed by atoms with Gasteiger partial charge in [-0.2, -0.15) is 0 Å². The van der Waals surface area contributed by atoms with E-state index in [1.165, 1.54) is 12.0 Å². The van der Waals surface area contributed by atoms with Crippen molar-refractivity contribution in [3.63, 3.8) is 0 Å². The summed E-state index contributed by atoms with van der Waals surface area (Å²) in [4.78, 5) is 27.6. The van der Waals surface area contributed by atoms with E-state index in [0.29, 0.717) is 40.9 Å². The molecule has 0 bridgehead atoms. The van der Waals surface area contributed by atoms with Crippen LogP contribution in [-0.2, 0) is 9.59 Å². The Hall–Kier alpha value is -4.00. The summed E-state index contributed by atoms with van der Waals surface area (Å²) in [5.74, 6) is 0.361. The van der Waals surface area contributed by atoms with E-state index in [1.54, 1.807) is 67.6 Å². The van der Waals surface area contributed by atoms with Crippen molar-refractivity contribution in [2.24, 2.45) is 0 Å². The van der Waals surface area contributed by atoms with Crippen molar-refractivity contribution >= 4 is 23.1 Å². The predicted octanol–water partition coefficient (Wildman–Crippen LogP) is 5.01. The molecule has 0 radical (unpaired) electrons. The maximum atomic E-state index is 13.2. The first-order chi connectivity index (χ1) is 15.9. The highest BCUT2D eigenvalue weighted by molar-refractivity contribution is 6.51. The largest absolute Gasteiger partial charge is 0.507 e. The summed E-state index contributed by atoms with van der Waals surface area (Å²) in [6, 6.07) is 16.1. The van der Waals surface area contributed by atoms with Crippen LogP contribution in [0, 0.1) is 6.92 Å². The average Bonchev–Trinajstić information content (AvgIpc) is 3.38. The Bertz CT molecular complexity index is 1210. The Morgan fingerprint density at radius 2 is 1.82 bits per heavy atom. The van der Waals surface area contributed by atoms with E-state index in [4.69, 9.17) is 13.9 Å². The predicted molar refractivity (Wildman–Crippen MR) is 123 cm³/mol. The molecule has 2 heterocycles. The number of aryl methyl sites for hydroxylation is 1. The molecule has 1 aliphatic heterocycles. The number of ketones is 1. The van der Waals surface area contributed by atoms with Crippen molar-refractivity contribution in [3.8, 4) is 11.5 Å². The molecule has 7 nitrogen and oxygen atoms in total. The van der Waals surface area contributed by atoms with Crippen molar-refractivity contribution in [3.05, 3.63) is 83.3 Å². The van der Waals surface area contributed by atoms with Gasteiger partial charge in [-0.25, -0.2) is 0 Å². The van der Waals surface area contributed by atoms with Crippen LogP contribution in [0.15, 0.2) is 70.7 Å². The molecule has 170 valence electrons. The molecule has 1 amide bonds. The van der Waals surface area contributed by atoms with Gasteiger partial charge in [-0.1, -0.05) is 13.0 Å². The van der Waals surface area contributed by atoms with Gasteiger partial charge < -0.3 is 19.0 Å². The number of rotatable bonds is 7. The highest BCUT2D eigenvalue weighted by Gasteiger charge is 2.48. The van der Waals surface area contributed by atoms with Crippen molar-refractivity contribution in [1.82, 2.24) is 0 Å². The Balaban J connectivity index is 1.83. The van der Waals surface area contributed by atoms with E-state index in [1.807, 2.05) is 6.92 Å². The molecule has 2 aromatic carbocycles. The number of ether oxygens (including phenoxy) is 2. The lowest BCUT2D eigenvalue weighted by Crippen LogP contribution is -2.29. The third-order valence-corrected chi connectivity index (χ3v) is 5.41. The second kappa shape index (κ2) is 9.24. The number of hydrogen-bond donors (Lipinski definition) is 1.